The predicted octanol–water partition coefficient (Wildman–Crippen LogP) is 3.09. The summed E-state index contributed by atoms with van der Waals surface area (Å²) < 4.78 is 5.82. The average molecular weight is 218 g/mol. The lowest BCUT2D eigenvalue weighted by atomic mass is 9.94. The third kappa shape index (κ3) is 2.11. The Morgan fingerprint density at radius 3 is 2.94 bits per heavy atom. The maximum absolute atomic E-state index is 10.5. The van der Waals surface area contributed by atoms with Crippen LogP contribution in [-0.2, 0) is 11.2 Å². The highest BCUT2D eigenvalue weighted by atomic mass is 16.5. The fourth-order valence-corrected chi connectivity index (χ4v) is 2.22. The summed E-state index contributed by atoms with van der Waals surface area (Å²) >= 11 is 0. The molecule has 0 spiro atoms. The van der Waals surface area contributed by atoms with E-state index < -0.39 is 0 Å². The Bertz CT molecular complexity index is 407. The summed E-state index contributed by atoms with van der Waals surface area (Å²) in [6.45, 7) is 6.28. The van der Waals surface area contributed by atoms with Crippen molar-refractivity contribution in [1.29, 1.82) is 0 Å². The number of hydrogen-bond acceptors (Lipinski definition) is 2. The van der Waals surface area contributed by atoms with Crippen molar-refractivity contribution in [1.82, 2.24) is 0 Å². The van der Waals surface area contributed by atoms with Crippen LogP contribution in [-0.4, -0.2) is 11.9 Å². The zero-order chi connectivity index (χ0) is 11.8. The van der Waals surface area contributed by atoms with Crippen LogP contribution >= 0.6 is 0 Å². The third-order valence-electron chi connectivity index (χ3n) is 3.11. The van der Waals surface area contributed by atoms with Gasteiger partial charge in [0, 0.05) is 12.8 Å². The number of ether oxygens (including phenoxy) is 1. The quantitative estimate of drug-likeness (QED) is 0.729. The SMILES string of the molecule is CC(CC=O)c1ccc2c(c1)CC(C)(C)O2. The Hall–Kier alpha value is -1.31. The first-order valence-corrected chi connectivity index (χ1v) is 5.77. The molecule has 0 aliphatic carbocycles. The van der Waals surface area contributed by atoms with E-state index in [-0.39, 0.29) is 5.60 Å². The summed E-state index contributed by atoms with van der Waals surface area (Å²) in [6.07, 6.45) is 2.52. The Balaban J connectivity index is 2.25. The van der Waals surface area contributed by atoms with Crippen LogP contribution < -0.4 is 4.74 Å². The summed E-state index contributed by atoms with van der Waals surface area (Å²) in [5.41, 5.74) is 2.40. The van der Waals surface area contributed by atoms with Crippen LogP contribution in [0, 0.1) is 0 Å². The zero-order valence-electron chi connectivity index (χ0n) is 10.1. The molecule has 2 rings (SSSR count). The number of carbonyl (C=O) groups is 1. The van der Waals surface area contributed by atoms with E-state index in [2.05, 4.69) is 32.9 Å². The van der Waals surface area contributed by atoms with Crippen molar-refractivity contribution in [2.24, 2.45) is 0 Å². The van der Waals surface area contributed by atoms with E-state index in [0.29, 0.717) is 12.3 Å². The molecule has 2 nitrogen and oxygen atoms in total. The van der Waals surface area contributed by atoms with Crippen LogP contribution in [0.5, 0.6) is 5.75 Å². The van der Waals surface area contributed by atoms with Crippen molar-refractivity contribution in [3.63, 3.8) is 0 Å². The van der Waals surface area contributed by atoms with Crippen LogP contribution in [0.2, 0.25) is 0 Å². The summed E-state index contributed by atoms with van der Waals surface area (Å²) in [6, 6.07) is 6.27. The number of rotatable bonds is 3. The van der Waals surface area contributed by atoms with E-state index in [4.69, 9.17) is 4.74 Å². The Kier molecular flexibility index (Phi) is 2.75. The Labute approximate surface area is 96.6 Å². The van der Waals surface area contributed by atoms with E-state index in [0.717, 1.165) is 18.5 Å². The normalized spacial score (nSPS) is 18.7. The summed E-state index contributed by atoms with van der Waals surface area (Å²) in [5.74, 6) is 1.29. The first kappa shape index (κ1) is 11.2. The van der Waals surface area contributed by atoms with Crippen molar-refractivity contribution >= 4 is 6.29 Å². The average Bonchev–Trinajstić information content (AvgIpc) is 2.50. The van der Waals surface area contributed by atoms with Crippen molar-refractivity contribution in [2.75, 3.05) is 0 Å². The van der Waals surface area contributed by atoms with Gasteiger partial charge in [-0.3, -0.25) is 0 Å². The Morgan fingerprint density at radius 2 is 2.25 bits per heavy atom. The minimum Gasteiger partial charge on any atom is -0.487 e. The van der Waals surface area contributed by atoms with Gasteiger partial charge in [-0.25, -0.2) is 0 Å². The number of hydrogen-bond donors (Lipinski definition) is 0. The van der Waals surface area contributed by atoms with Gasteiger partial charge in [-0.1, -0.05) is 19.1 Å². The molecule has 1 aromatic carbocycles. The molecule has 86 valence electrons. The molecule has 0 aromatic heterocycles. The van der Waals surface area contributed by atoms with Crippen LogP contribution in [0.3, 0.4) is 0 Å². The lowest BCUT2D eigenvalue weighted by molar-refractivity contribution is -0.108. The van der Waals surface area contributed by atoms with Crippen LogP contribution in [0.25, 0.3) is 0 Å². The summed E-state index contributed by atoms with van der Waals surface area (Å²) in [4.78, 5) is 10.5. The van der Waals surface area contributed by atoms with E-state index in [1.807, 2.05) is 6.07 Å². The van der Waals surface area contributed by atoms with Crippen LogP contribution in [0.4, 0.5) is 0 Å². The molecule has 1 atom stereocenters. The molecule has 1 aliphatic rings. The highest BCUT2D eigenvalue weighted by Gasteiger charge is 2.30. The molecule has 1 unspecified atom stereocenters. The van der Waals surface area contributed by atoms with Gasteiger partial charge in [-0.15, -0.1) is 0 Å². The fraction of sp³-hybridized carbons (Fsp3) is 0.500. The molecule has 0 N–H and O–H groups in total. The molecule has 1 aliphatic heterocycles. The van der Waals surface area contributed by atoms with Crippen molar-refractivity contribution in [3.8, 4) is 5.75 Å². The molecule has 0 radical (unpaired) electrons. The summed E-state index contributed by atoms with van der Waals surface area (Å²) in [5, 5.41) is 0. The standard InChI is InChI=1S/C14H18O2/c1-10(6-7-15)11-4-5-13-12(8-11)9-14(2,3)16-13/h4-5,7-8,10H,6,9H2,1-3H3. The van der Waals surface area contributed by atoms with Gasteiger partial charge in [0.1, 0.15) is 17.6 Å². The van der Waals surface area contributed by atoms with Gasteiger partial charge in [0.15, 0.2) is 0 Å². The minimum absolute atomic E-state index is 0.0884. The second-order valence-electron chi connectivity index (χ2n) is 5.21. The second kappa shape index (κ2) is 3.93. The molecule has 0 bridgehead atoms. The van der Waals surface area contributed by atoms with Crippen LogP contribution in [0.15, 0.2) is 18.2 Å². The van der Waals surface area contributed by atoms with Gasteiger partial charge in [-0.2, -0.15) is 0 Å². The topological polar surface area (TPSA) is 26.3 Å². The largest absolute Gasteiger partial charge is 0.487 e. The molecule has 0 saturated heterocycles. The zero-order valence-corrected chi connectivity index (χ0v) is 10.1. The number of aldehydes is 1. The molecule has 1 aromatic rings. The lowest BCUT2D eigenvalue weighted by Crippen LogP contribution is -2.24. The highest BCUT2D eigenvalue weighted by molar-refractivity contribution is 5.52. The lowest BCUT2D eigenvalue weighted by Gasteiger charge is -2.16. The molecule has 16 heavy (non-hydrogen) atoms. The number of carbonyl (C=O) groups excluding carboxylic acids is 1. The number of benzene rings is 1. The maximum atomic E-state index is 10.5. The number of fused-ring (bicyclic) bond motifs is 1. The van der Waals surface area contributed by atoms with Crippen molar-refractivity contribution in [3.05, 3.63) is 29.3 Å². The first-order valence-electron chi connectivity index (χ1n) is 5.77. The molecule has 0 amide bonds. The second-order valence-corrected chi connectivity index (χ2v) is 5.21. The van der Waals surface area contributed by atoms with E-state index in [9.17, 15) is 4.79 Å². The van der Waals surface area contributed by atoms with Crippen molar-refractivity contribution < 1.29 is 9.53 Å². The molecular formula is C14H18O2. The highest BCUT2D eigenvalue weighted by Crippen LogP contribution is 2.36. The van der Waals surface area contributed by atoms with Crippen molar-refractivity contribution in [2.45, 2.75) is 45.1 Å². The molecule has 1 heterocycles. The first-order chi connectivity index (χ1) is 7.52. The molecule has 0 saturated carbocycles. The van der Waals surface area contributed by atoms with Gasteiger partial charge in [0.05, 0.1) is 0 Å². The molecule has 2 heteroatoms. The molecular weight excluding hydrogens is 200 g/mol. The minimum atomic E-state index is -0.0884. The van der Waals surface area contributed by atoms with Gasteiger partial charge in [0.25, 0.3) is 0 Å². The van der Waals surface area contributed by atoms with Gasteiger partial charge in [-0.05, 0) is 37.0 Å². The predicted molar refractivity (Wildman–Crippen MR) is 63.9 cm³/mol. The van der Waals surface area contributed by atoms with E-state index in [1.54, 1.807) is 0 Å². The van der Waals surface area contributed by atoms with E-state index in [1.165, 1.54) is 11.1 Å². The monoisotopic (exact) mass is 218 g/mol. The van der Waals surface area contributed by atoms with Crippen LogP contribution in [0.1, 0.15) is 44.2 Å². The summed E-state index contributed by atoms with van der Waals surface area (Å²) in [7, 11) is 0. The van der Waals surface area contributed by atoms with Gasteiger partial charge >= 0.3 is 0 Å². The van der Waals surface area contributed by atoms with E-state index >= 15 is 0 Å². The molecule has 0 fully saturated rings. The fourth-order valence-electron chi connectivity index (χ4n) is 2.22. The van der Waals surface area contributed by atoms with Gasteiger partial charge in [0.2, 0.25) is 0 Å². The third-order valence-corrected chi connectivity index (χ3v) is 3.11. The maximum Gasteiger partial charge on any atom is 0.123 e. The Morgan fingerprint density at radius 1 is 1.50 bits per heavy atom. The smallest absolute Gasteiger partial charge is 0.123 e. The van der Waals surface area contributed by atoms with Gasteiger partial charge < -0.3 is 9.53 Å².